The van der Waals surface area contributed by atoms with E-state index in [1.807, 2.05) is 7.11 Å². The molecule has 0 amide bonds. The van der Waals surface area contributed by atoms with Crippen LogP contribution < -0.4 is 5.32 Å². The van der Waals surface area contributed by atoms with Gasteiger partial charge in [-0.15, -0.1) is 0 Å². The molecule has 0 spiro atoms. The smallest absolute Gasteiger partial charge is 0.0726 e. The summed E-state index contributed by atoms with van der Waals surface area (Å²) in [6.45, 7) is 7.05. The maximum absolute atomic E-state index is 5.66. The van der Waals surface area contributed by atoms with Gasteiger partial charge in [-0.05, 0) is 52.0 Å². The number of hydrogen-bond donors (Lipinski definition) is 1. The van der Waals surface area contributed by atoms with Crippen LogP contribution in [-0.2, 0) is 4.74 Å². The van der Waals surface area contributed by atoms with Crippen molar-refractivity contribution >= 4 is 0 Å². The summed E-state index contributed by atoms with van der Waals surface area (Å²) in [5.41, 5.74) is 0. The summed E-state index contributed by atoms with van der Waals surface area (Å²) in [4.78, 5) is 2.71. The second-order valence-electron chi connectivity index (χ2n) is 6.03. The lowest BCUT2D eigenvalue weighted by molar-refractivity contribution is -0.000129. The van der Waals surface area contributed by atoms with Gasteiger partial charge in [0.15, 0.2) is 0 Å². The second-order valence-corrected chi connectivity index (χ2v) is 6.03. The van der Waals surface area contributed by atoms with Gasteiger partial charge in [-0.1, -0.05) is 6.92 Å². The average molecular weight is 254 g/mol. The number of rotatable bonds is 5. The number of hydrogen-bond acceptors (Lipinski definition) is 3. The van der Waals surface area contributed by atoms with Crippen molar-refractivity contribution in [1.29, 1.82) is 0 Å². The summed E-state index contributed by atoms with van der Waals surface area (Å²) in [5, 5.41) is 3.68. The lowest BCUT2D eigenvalue weighted by Crippen LogP contribution is -2.53. The molecule has 2 aliphatic rings. The molecule has 1 saturated carbocycles. The van der Waals surface area contributed by atoms with Crippen molar-refractivity contribution in [2.75, 3.05) is 20.2 Å². The Morgan fingerprint density at radius 3 is 2.78 bits per heavy atom. The van der Waals surface area contributed by atoms with Crippen molar-refractivity contribution in [3.05, 3.63) is 0 Å². The molecule has 2 rings (SSSR count). The number of methoxy groups -OCH3 is 1. The fraction of sp³-hybridized carbons (Fsp3) is 1.00. The van der Waals surface area contributed by atoms with Gasteiger partial charge in [0.05, 0.1) is 6.10 Å². The topological polar surface area (TPSA) is 24.5 Å². The van der Waals surface area contributed by atoms with Gasteiger partial charge >= 0.3 is 0 Å². The van der Waals surface area contributed by atoms with Gasteiger partial charge < -0.3 is 10.1 Å². The molecule has 2 fully saturated rings. The van der Waals surface area contributed by atoms with E-state index in [4.69, 9.17) is 4.74 Å². The molecule has 1 saturated heterocycles. The van der Waals surface area contributed by atoms with Crippen molar-refractivity contribution in [2.24, 2.45) is 0 Å². The molecule has 1 N–H and O–H groups in total. The highest BCUT2D eigenvalue weighted by molar-refractivity contribution is 4.92. The SMILES string of the molecule is CCCNC1CCN(C2CCCC2OC)C(C)C1. The monoisotopic (exact) mass is 254 g/mol. The summed E-state index contributed by atoms with van der Waals surface area (Å²) >= 11 is 0. The van der Waals surface area contributed by atoms with Gasteiger partial charge in [-0.3, -0.25) is 4.90 Å². The first-order valence-corrected chi connectivity index (χ1v) is 7.78. The van der Waals surface area contributed by atoms with Crippen LogP contribution in [0.3, 0.4) is 0 Å². The fourth-order valence-corrected chi connectivity index (χ4v) is 3.78. The lowest BCUT2D eigenvalue weighted by Gasteiger charge is -2.43. The molecule has 0 aromatic rings. The van der Waals surface area contributed by atoms with Crippen LogP contribution in [0.15, 0.2) is 0 Å². The van der Waals surface area contributed by atoms with E-state index in [1.165, 1.54) is 51.6 Å². The van der Waals surface area contributed by atoms with E-state index in [1.54, 1.807) is 0 Å². The van der Waals surface area contributed by atoms with Crippen LogP contribution in [-0.4, -0.2) is 49.3 Å². The zero-order chi connectivity index (χ0) is 13.0. The highest BCUT2D eigenvalue weighted by Crippen LogP contribution is 2.31. The Hall–Kier alpha value is -0.120. The van der Waals surface area contributed by atoms with E-state index in [0.717, 1.165) is 6.04 Å². The molecule has 4 atom stereocenters. The van der Waals surface area contributed by atoms with Crippen LogP contribution in [0.1, 0.15) is 52.4 Å². The van der Waals surface area contributed by atoms with Crippen LogP contribution in [0.25, 0.3) is 0 Å². The maximum atomic E-state index is 5.66. The van der Waals surface area contributed by atoms with Crippen molar-refractivity contribution < 1.29 is 4.74 Å². The van der Waals surface area contributed by atoms with E-state index in [-0.39, 0.29) is 0 Å². The standard InChI is InChI=1S/C15H30N2O/c1-4-9-16-13-8-10-17(12(2)11-13)14-6-5-7-15(14)18-3/h12-16H,4-11H2,1-3H3. The van der Waals surface area contributed by atoms with Crippen LogP contribution >= 0.6 is 0 Å². The van der Waals surface area contributed by atoms with E-state index >= 15 is 0 Å². The van der Waals surface area contributed by atoms with E-state index in [2.05, 4.69) is 24.1 Å². The summed E-state index contributed by atoms with van der Waals surface area (Å²) < 4.78 is 5.66. The molecule has 3 heteroatoms. The molecule has 4 unspecified atom stereocenters. The minimum Gasteiger partial charge on any atom is -0.380 e. The van der Waals surface area contributed by atoms with Crippen molar-refractivity contribution in [1.82, 2.24) is 10.2 Å². The van der Waals surface area contributed by atoms with Gasteiger partial charge in [0.1, 0.15) is 0 Å². The summed E-state index contributed by atoms with van der Waals surface area (Å²) in [7, 11) is 1.88. The minimum absolute atomic E-state index is 0.479. The lowest BCUT2D eigenvalue weighted by atomic mass is 9.95. The number of ether oxygens (including phenoxy) is 1. The number of nitrogens with one attached hydrogen (secondary N) is 1. The van der Waals surface area contributed by atoms with Crippen LogP contribution in [0, 0.1) is 0 Å². The molecule has 0 aromatic carbocycles. The Kier molecular flexibility index (Phi) is 5.46. The molecule has 106 valence electrons. The molecule has 0 radical (unpaired) electrons. The van der Waals surface area contributed by atoms with Crippen LogP contribution in [0.4, 0.5) is 0 Å². The Balaban J connectivity index is 1.85. The van der Waals surface area contributed by atoms with Gasteiger partial charge in [-0.2, -0.15) is 0 Å². The van der Waals surface area contributed by atoms with Crippen molar-refractivity contribution in [2.45, 2.75) is 76.6 Å². The molecular formula is C15H30N2O. The Morgan fingerprint density at radius 2 is 2.11 bits per heavy atom. The quantitative estimate of drug-likeness (QED) is 0.815. The van der Waals surface area contributed by atoms with Gasteiger partial charge in [0.2, 0.25) is 0 Å². The highest BCUT2D eigenvalue weighted by Gasteiger charge is 2.37. The summed E-state index contributed by atoms with van der Waals surface area (Å²) in [6.07, 6.45) is 8.24. The first kappa shape index (κ1) is 14.3. The van der Waals surface area contributed by atoms with E-state index < -0.39 is 0 Å². The zero-order valence-electron chi connectivity index (χ0n) is 12.3. The third kappa shape index (κ3) is 3.25. The molecule has 0 aromatic heterocycles. The molecular weight excluding hydrogens is 224 g/mol. The number of piperidine rings is 1. The Bertz CT molecular complexity index is 247. The molecule has 1 aliphatic heterocycles. The van der Waals surface area contributed by atoms with Crippen LogP contribution in [0.2, 0.25) is 0 Å². The van der Waals surface area contributed by atoms with E-state index in [9.17, 15) is 0 Å². The first-order valence-electron chi connectivity index (χ1n) is 7.78. The predicted molar refractivity (Wildman–Crippen MR) is 75.9 cm³/mol. The Morgan fingerprint density at radius 1 is 1.28 bits per heavy atom. The summed E-state index contributed by atoms with van der Waals surface area (Å²) in [6, 6.07) is 2.12. The average Bonchev–Trinajstić information content (AvgIpc) is 2.84. The number of nitrogens with zero attached hydrogens (tertiary/aromatic N) is 1. The number of likely N-dealkylation sites (tertiary alicyclic amines) is 1. The Labute approximate surface area is 112 Å². The normalized spacial score (nSPS) is 38.2. The predicted octanol–water partition coefficient (Wildman–Crippen LogP) is 2.41. The molecule has 1 aliphatic carbocycles. The third-order valence-electron chi connectivity index (χ3n) is 4.76. The first-order chi connectivity index (χ1) is 8.76. The van der Waals surface area contributed by atoms with E-state index in [0.29, 0.717) is 18.2 Å². The largest absolute Gasteiger partial charge is 0.380 e. The van der Waals surface area contributed by atoms with Gasteiger partial charge in [0, 0.05) is 31.8 Å². The molecule has 3 nitrogen and oxygen atoms in total. The minimum atomic E-state index is 0.479. The fourth-order valence-electron chi connectivity index (χ4n) is 3.78. The van der Waals surface area contributed by atoms with Gasteiger partial charge in [-0.25, -0.2) is 0 Å². The maximum Gasteiger partial charge on any atom is 0.0726 e. The molecule has 0 bridgehead atoms. The third-order valence-corrected chi connectivity index (χ3v) is 4.76. The molecule has 18 heavy (non-hydrogen) atoms. The molecule has 1 heterocycles. The van der Waals surface area contributed by atoms with Crippen LogP contribution in [0.5, 0.6) is 0 Å². The highest BCUT2D eigenvalue weighted by atomic mass is 16.5. The van der Waals surface area contributed by atoms with Gasteiger partial charge in [0.25, 0.3) is 0 Å². The summed E-state index contributed by atoms with van der Waals surface area (Å²) in [5.74, 6) is 0. The second kappa shape index (κ2) is 6.88. The van der Waals surface area contributed by atoms with Crippen molar-refractivity contribution in [3.8, 4) is 0 Å². The van der Waals surface area contributed by atoms with Crippen molar-refractivity contribution in [3.63, 3.8) is 0 Å². The zero-order valence-corrected chi connectivity index (χ0v) is 12.3.